The third-order valence-corrected chi connectivity index (χ3v) is 4.69. The third-order valence-electron chi connectivity index (χ3n) is 4.01. The predicted octanol–water partition coefficient (Wildman–Crippen LogP) is 3.77. The zero-order valence-electron chi connectivity index (χ0n) is 12.6. The van der Waals surface area contributed by atoms with Gasteiger partial charge in [-0.15, -0.1) is 24.8 Å². The number of nitrogens with zero attached hydrogens (tertiary/aromatic N) is 1. The summed E-state index contributed by atoms with van der Waals surface area (Å²) < 4.78 is 12.1. The SMILES string of the molecule is CCC[C@H](c1cc2c(cc1Br)OCO2)N1CCNCC1.Cl.Cl. The maximum absolute atomic E-state index is 5.54. The van der Waals surface area contributed by atoms with Crippen LogP contribution in [0.2, 0.25) is 0 Å². The number of hydrogen-bond donors (Lipinski definition) is 1. The first kappa shape index (κ1) is 19.8. The molecule has 4 nitrogen and oxygen atoms in total. The van der Waals surface area contributed by atoms with Gasteiger partial charge in [-0.3, -0.25) is 4.90 Å². The summed E-state index contributed by atoms with van der Waals surface area (Å²) >= 11 is 3.71. The summed E-state index contributed by atoms with van der Waals surface area (Å²) in [6, 6.07) is 4.64. The number of benzene rings is 1. The highest BCUT2D eigenvalue weighted by Gasteiger charge is 2.26. The van der Waals surface area contributed by atoms with Crippen LogP contribution in [-0.2, 0) is 0 Å². The van der Waals surface area contributed by atoms with E-state index in [1.807, 2.05) is 6.07 Å². The first-order chi connectivity index (χ1) is 9.79. The molecule has 2 heterocycles. The summed E-state index contributed by atoms with van der Waals surface area (Å²) in [5.41, 5.74) is 1.32. The Balaban J connectivity index is 0.00000121. The molecule has 0 aromatic heterocycles. The van der Waals surface area contributed by atoms with Crippen LogP contribution >= 0.6 is 40.7 Å². The van der Waals surface area contributed by atoms with E-state index < -0.39 is 0 Å². The van der Waals surface area contributed by atoms with Crippen molar-refractivity contribution in [2.24, 2.45) is 0 Å². The fraction of sp³-hybridized carbons (Fsp3) is 0.600. The van der Waals surface area contributed by atoms with E-state index in [9.17, 15) is 0 Å². The number of halogens is 3. The lowest BCUT2D eigenvalue weighted by molar-refractivity contribution is 0.163. The number of hydrogen-bond acceptors (Lipinski definition) is 4. The number of ether oxygens (including phenoxy) is 2. The number of fused-ring (bicyclic) bond motifs is 1. The molecule has 0 unspecified atom stereocenters. The van der Waals surface area contributed by atoms with Crippen LogP contribution in [0.4, 0.5) is 0 Å². The van der Waals surface area contributed by atoms with Crippen LogP contribution in [0.15, 0.2) is 16.6 Å². The monoisotopic (exact) mass is 412 g/mol. The van der Waals surface area contributed by atoms with E-state index in [4.69, 9.17) is 9.47 Å². The molecule has 126 valence electrons. The van der Waals surface area contributed by atoms with E-state index in [1.165, 1.54) is 12.0 Å². The average Bonchev–Trinajstić information content (AvgIpc) is 2.92. The van der Waals surface area contributed by atoms with Crippen molar-refractivity contribution in [3.8, 4) is 11.5 Å². The Morgan fingerprint density at radius 3 is 2.45 bits per heavy atom. The van der Waals surface area contributed by atoms with E-state index in [2.05, 4.69) is 39.1 Å². The van der Waals surface area contributed by atoms with Crippen LogP contribution in [0.1, 0.15) is 31.4 Å². The molecule has 0 radical (unpaired) electrons. The van der Waals surface area contributed by atoms with Gasteiger partial charge in [-0.25, -0.2) is 0 Å². The predicted molar refractivity (Wildman–Crippen MR) is 96.9 cm³/mol. The van der Waals surface area contributed by atoms with E-state index >= 15 is 0 Å². The highest BCUT2D eigenvalue weighted by Crippen LogP contribution is 2.41. The topological polar surface area (TPSA) is 33.7 Å². The fourth-order valence-electron chi connectivity index (χ4n) is 2.99. The molecule has 3 rings (SSSR count). The van der Waals surface area contributed by atoms with E-state index in [-0.39, 0.29) is 24.8 Å². The molecule has 0 aliphatic carbocycles. The van der Waals surface area contributed by atoms with Crippen molar-refractivity contribution in [3.05, 3.63) is 22.2 Å². The van der Waals surface area contributed by atoms with Gasteiger partial charge in [0.2, 0.25) is 6.79 Å². The minimum absolute atomic E-state index is 0. The van der Waals surface area contributed by atoms with Gasteiger partial charge in [-0.05, 0) is 24.1 Å². The highest BCUT2D eigenvalue weighted by molar-refractivity contribution is 9.10. The molecule has 2 aliphatic rings. The van der Waals surface area contributed by atoms with Gasteiger partial charge in [0.15, 0.2) is 11.5 Å². The lowest BCUT2D eigenvalue weighted by Crippen LogP contribution is -2.45. The molecule has 0 spiro atoms. The van der Waals surface area contributed by atoms with Crippen molar-refractivity contribution in [2.45, 2.75) is 25.8 Å². The van der Waals surface area contributed by atoms with Crippen molar-refractivity contribution in [1.29, 1.82) is 0 Å². The molecule has 1 atom stereocenters. The molecule has 1 N–H and O–H groups in total. The molecule has 1 aromatic rings. The molecule has 1 fully saturated rings. The van der Waals surface area contributed by atoms with Gasteiger partial charge in [-0.2, -0.15) is 0 Å². The summed E-state index contributed by atoms with van der Waals surface area (Å²) in [4.78, 5) is 2.57. The molecule has 1 aromatic carbocycles. The Bertz CT molecular complexity index is 485. The van der Waals surface area contributed by atoms with E-state index in [0.717, 1.165) is 48.6 Å². The first-order valence-electron chi connectivity index (χ1n) is 7.33. The van der Waals surface area contributed by atoms with Gasteiger partial charge in [0.25, 0.3) is 0 Å². The van der Waals surface area contributed by atoms with Gasteiger partial charge in [0.1, 0.15) is 0 Å². The lowest BCUT2D eigenvalue weighted by atomic mass is 9.99. The van der Waals surface area contributed by atoms with Gasteiger partial charge >= 0.3 is 0 Å². The molecule has 0 bridgehead atoms. The first-order valence-corrected chi connectivity index (χ1v) is 8.12. The van der Waals surface area contributed by atoms with Crippen LogP contribution < -0.4 is 14.8 Å². The van der Waals surface area contributed by atoms with Crippen LogP contribution in [0.5, 0.6) is 11.5 Å². The average molecular weight is 414 g/mol. The maximum Gasteiger partial charge on any atom is 0.231 e. The molecule has 7 heteroatoms. The third kappa shape index (κ3) is 4.20. The number of nitrogens with one attached hydrogen (secondary N) is 1. The van der Waals surface area contributed by atoms with Crippen molar-refractivity contribution in [1.82, 2.24) is 10.2 Å². The van der Waals surface area contributed by atoms with Crippen molar-refractivity contribution >= 4 is 40.7 Å². The molecule has 22 heavy (non-hydrogen) atoms. The lowest BCUT2D eigenvalue weighted by Gasteiger charge is -2.35. The summed E-state index contributed by atoms with van der Waals surface area (Å²) in [5, 5.41) is 3.42. The minimum atomic E-state index is 0. The van der Waals surface area contributed by atoms with Gasteiger partial charge in [0.05, 0.1) is 0 Å². The van der Waals surface area contributed by atoms with Crippen LogP contribution in [0, 0.1) is 0 Å². The Morgan fingerprint density at radius 1 is 1.18 bits per heavy atom. The summed E-state index contributed by atoms with van der Waals surface area (Å²) in [6.45, 7) is 6.93. The molecule has 0 amide bonds. The number of rotatable bonds is 4. The zero-order valence-corrected chi connectivity index (χ0v) is 15.9. The zero-order chi connectivity index (χ0) is 13.9. The van der Waals surface area contributed by atoms with Crippen molar-refractivity contribution in [2.75, 3.05) is 33.0 Å². The van der Waals surface area contributed by atoms with Gasteiger partial charge in [0, 0.05) is 36.7 Å². The Kier molecular flexibility index (Phi) is 8.28. The van der Waals surface area contributed by atoms with Gasteiger partial charge in [-0.1, -0.05) is 29.3 Å². The molecule has 2 aliphatic heterocycles. The largest absolute Gasteiger partial charge is 0.454 e. The van der Waals surface area contributed by atoms with E-state index in [0.29, 0.717) is 12.8 Å². The normalized spacial score (nSPS) is 18.3. The minimum Gasteiger partial charge on any atom is -0.454 e. The summed E-state index contributed by atoms with van der Waals surface area (Å²) in [6.07, 6.45) is 2.34. The Morgan fingerprint density at radius 2 is 1.82 bits per heavy atom. The molecular formula is C15H23BrCl2N2O2. The van der Waals surface area contributed by atoms with E-state index in [1.54, 1.807) is 0 Å². The summed E-state index contributed by atoms with van der Waals surface area (Å²) in [7, 11) is 0. The van der Waals surface area contributed by atoms with Crippen LogP contribution in [0.25, 0.3) is 0 Å². The number of piperazine rings is 1. The van der Waals surface area contributed by atoms with Crippen molar-refractivity contribution < 1.29 is 9.47 Å². The second kappa shape index (κ2) is 9.18. The molecule has 0 saturated carbocycles. The quantitative estimate of drug-likeness (QED) is 0.814. The fourth-order valence-corrected chi connectivity index (χ4v) is 3.58. The second-order valence-electron chi connectivity index (χ2n) is 5.32. The van der Waals surface area contributed by atoms with Crippen LogP contribution in [0.3, 0.4) is 0 Å². The van der Waals surface area contributed by atoms with Crippen LogP contribution in [-0.4, -0.2) is 37.9 Å². The second-order valence-corrected chi connectivity index (χ2v) is 6.17. The highest BCUT2D eigenvalue weighted by atomic mass is 79.9. The molecular weight excluding hydrogens is 391 g/mol. The maximum atomic E-state index is 5.54. The summed E-state index contributed by atoms with van der Waals surface area (Å²) in [5.74, 6) is 1.72. The van der Waals surface area contributed by atoms with Gasteiger partial charge < -0.3 is 14.8 Å². The standard InChI is InChI=1S/C15H21BrN2O2.2ClH/c1-2-3-13(18-6-4-17-5-7-18)11-8-14-15(9-12(11)16)20-10-19-14;;/h8-9,13,17H,2-7,10H2,1H3;2*1H/t13-;;/m1../s1. The smallest absolute Gasteiger partial charge is 0.231 e. The van der Waals surface area contributed by atoms with Crippen molar-refractivity contribution in [3.63, 3.8) is 0 Å². The Hall–Kier alpha value is -0.200. The molecule has 1 saturated heterocycles. The Labute approximate surface area is 152 Å².